The fourth-order valence-electron chi connectivity index (χ4n) is 2.76. The molecule has 2 aromatic heterocycles. The van der Waals surface area contributed by atoms with Crippen LogP contribution in [0.25, 0.3) is 5.69 Å². The fourth-order valence-corrected chi connectivity index (χ4v) is 3.19. The molecule has 0 amide bonds. The molecule has 9 heteroatoms. The lowest BCUT2D eigenvalue weighted by molar-refractivity contribution is 0.430. The zero-order valence-electron chi connectivity index (χ0n) is 15.2. The van der Waals surface area contributed by atoms with Crippen LogP contribution in [0.3, 0.4) is 0 Å². The Bertz CT molecular complexity index is 1170. The van der Waals surface area contributed by atoms with Gasteiger partial charge in [0.05, 0.1) is 17.1 Å². The zero-order chi connectivity index (χ0) is 19.9. The van der Waals surface area contributed by atoms with Crippen molar-refractivity contribution in [1.29, 1.82) is 0 Å². The first-order valence-electron chi connectivity index (χ1n) is 8.12. The highest BCUT2D eigenvalue weighted by molar-refractivity contribution is 9.10. The van der Waals surface area contributed by atoms with E-state index >= 15 is 0 Å². The van der Waals surface area contributed by atoms with E-state index in [0.29, 0.717) is 17.1 Å². The molecule has 3 N–H and O–H groups in total. The first kappa shape index (κ1) is 18.8. The van der Waals surface area contributed by atoms with Crippen molar-refractivity contribution in [2.45, 2.75) is 27.7 Å². The molecular formula is C18H18BrN5O3. The van der Waals surface area contributed by atoms with E-state index in [1.807, 2.05) is 13.8 Å². The summed E-state index contributed by atoms with van der Waals surface area (Å²) >= 11 is 3.44. The van der Waals surface area contributed by atoms with Crippen molar-refractivity contribution >= 4 is 27.8 Å². The van der Waals surface area contributed by atoms with Crippen LogP contribution in [0.5, 0.6) is 5.88 Å². The van der Waals surface area contributed by atoms with Crippen molar-refractivity contribution < 1.29 is 5.11 Å². The third-order valence-electron chi connectivity index (χ3n) is 4.47. The van der Waals surface area contributed by atoms with Crippen molar-refractivity contribution in [2.75, 3.05) is 0 Å². The zero-order valence-corrected chi connectivity index (χ0v) is 16.8. The monoisotopic (exact) mass is 431 g/mol. The Hall–Kier alpha value is -2.94. The number of rotatable bonds is 3. The Labute approximate surface area is 162 Å². The average Bonchev–Trinajstić information content (AvgIpc) is 2.93. The SMILES string of the molecule is Cc1n[nH]c(C)c1N=Cc1c(O)n(-c2ccc(Br)c(C)c2C)c(=O)[nH]c1=O. The van der Waals surface area contributed by atoms with Crippen LogP contribution < -0.4 is 11.2 Å². The largest absolute Gasteiger partial charge is 0.493 e. The molecule has 2 heterocycles. The molecular weight excluding hydrogens is 414 g/mol. The first-order chi connectivity index (χ1) is 12.7. The second-order valence-electron chi connectivity index (χ2n) is 6.19. The molecule has 0 bridgehead atoms. The maximum Gasteiger partial charge on any atom is 0.335 e. The topological polar surface area (TPSA) is 116 Å². The molecule has 1 aromatic carbocycles. The molecule has 0 aliphatic heterocycles. The fraction of sp³-hybridized carbons (Fsp3) is 0.222. The molecule has 8 nitrogen and oxygen atoms in total. The van der Waals surface area contributed by atoms with Crippen molar-refractivity contribution in [3.05, 3.63) is 65.5 Å². The summed E-state index contributed by atoms with van der Waals surface area (Å²) in [5, 5.41) is 17.5. The number of aromatic nitrogens is 4. The molecule has 140 valence electrons. The maximum atomic E-state index is 12.4. The lowest BCUT2D eigenvalue weighted by atomic mass is 10.1. The minimum atomic E-state index is -0.727. The van der Waals surface area contributed by atoms with Crippen molar-refractivity contribution in [1.82, 2.24) is 19.7 Å². The van der Waals surface area contributed by atoms with E-state index < -0.39 is 17.1 Å². The van der Waals surface area contributed by atoms with Gasteiger partial charge in [0, 0.05) is 10.7 Å². The van der Waals surface area contributed by atoms with Gasteiger partial charge in [-0.05, 0) is 51.0 Å². The molecule has 0 spiro atoms. The Kier molecular flexibility index (Phi) is 4.88. The molecule has 0 aliphatic carbocycles. The second-order valence-corrected chi connectivity index (χ2v) is 7.04. The predicted octanol–water partition coefficient (Wildman–Crippen LogP) is 2.70. The van der Waals surface area contributed by atoms with E-state index in [1.54, 1.807) is 26.0 Å². The smallest absolute Gasteiger partial charge is 0.335 e. The quantitative estimate of drug-likeness (QED) is 0.552. The van der Waals surface area contributed by atoms with Crippen LogP contribution in [0, 0.1) is 27.7 Å². The summed E-state index contributed by atoms with van der Waals surface area (Å²) in [6.07, 6.45) is 1.23. The van der Waals surface area contributed by atoms with E-state index in [1.165, 1.54) is 6.21 Å². The van der Waals surface area contributed by atoms with E-state index in [4.69, 9.17) is 0 Å². The average molecular weight is 432 g/mol. The van der Waals surface area contributed by atoms with Gasteiger partial charge in [-0.1, -0.05) is 15.9 Å². The summed E-state index contributed by atoms with van der Waals surface area (Å²) in [5.41, 5.74) is 2.58. The number of halogens is 1. The number of aromatic amines is 2. The Morgan fingerprint density at radius 3 is 2.52 bits per heavy atom. The van der Waals surface area contributed by atoms with Gasteiger partial charge < -0.3 is 5.11 Å². The Balaban J connectivity index is 2.22. The van der Waals surface area contributed by atoms with Gasteiger partial charge in [-0.3, -0.25) is 19.9 Å². The molecule has 0 aliphatic rings. The van der Waals surface area contributed by atoms with Crippen LogP contribution in [-0.4, -0.2) is 31.1 Å². The molecule has 3 aromatic rings. The number of benzene rings is 1. The number of hydrogen-bond acceptors (Lipinski definition) is 5. The lowest BCUT2D eigenvalue weighted by Gasteiger charge is -2.14. The first-order valence-corrected chi connectivity index (χ1v) is 8.91. The minimum Gasteiger partial charge on any atom is -0.493 e. The predicted molar refractivity (Wildman–Crippen MR) is 107 cm³/mol. The molecule has 0 atom stereocenters. The van der Waals surface area contributed by atoms with Crippen LogP contribution in [0.4, 0.5) is 5.69 Å². The second kappa shape index (κ2) is 6.99. The van der Waals surface area contributed by atoms with Crippen molar-refractivity contribution in [2.24, 2.45) is 4.99 Å². The minimum absolute atomic E-state index is 0.116. The summed E-state index contributed by atoms with van der Waals surface area (Å²) in [4.78, 5) is 31.1. The van der Waals surface area contributed by atoms with Crippen LogP contribution in [0.2, 0.25) is 0 Å². The summed E-state index contributed by atoms with van der Waals surface area (Å²) in [6, 6.07) is 3.47. The molecule has 0 saturated carbocycles. The van der Waals surface area contributed by atoms with Gasteiger partial charge in [0.25, 0.3) is 5.56 Å². The number of nitrogens with zero attached hydrogens (tertiary/aromatic N) is 3. The van der Waals surface area contributed by atoms with E-state index in [0.717, 1.165) is 25.9 Å². The molecule has 0 fully saturated rings. The molecule has 27 heavy (non-hydrogen) atoms. The number of aliphatic imine (C=N–C) groups is 1. The highest BCUT2D eigenvalue weighted by Crippen LogP contribution is 2.27. The number of H-pyrrole nitrogens is 2. The van der Waals surface area contributed by atoms with Crippen LogP contribution in [-0.2, 0) is 0 Å². The molecule has 0 unspecified atom stereocenters. The maximum absolute atomic E-state index is 12.4. The standard InChI is InChI=1S/C18H18BrN5O3/c1-8-9(2)14(6-5-13(8)19)24-17(26)12(16(25)21-18(24)27)7-20-15-10(3)22-23-11(15)4/h5-7,26H,1-4H3,(H,22,23)(H,21,25,27). The van der Waals surface area contributed by atoms with Crippen molar-refractivity contribution in [3.63, 3.8) is 0 Å². The van der Waals surface area contributed by atoms with Gasteiger partial charge in [0.1, 0.15) is 11.3 Å². The number of aromatic hydroxyl groups is 1. The summed E-state index contributed by atoms with van der Waals surface area (Å²) in [5.74, 6) is -0.476. The van der Waals surface area contributed by atoms with E-state index in [-0.39, 0.29) is 5.56 Å². The molecule has 0 saturated heterocycles. The van der Waals surface area contributed by atoms with Gasteiger partial charge >= 0.3 is 5.69 Å². The van der Waals surface area contributed by atoms with Crippen LogP contribution >= 0.6 is 15.9 Å². The van der Waals surface area contributed by atoms with E-state index in [9.17, 15) is 14.7 Å². The van der Waals surface area contributed by atoms with Crippen LogP contribution in [0.1, 0.15) is 28.1 Å². The summed E-state index contributed by atoms with van der Waals surface area (Å²) in [6.45, 7) is 7.29. The number of nitrogens with one attached hydrogen (secondary N) is 2. The number of aryl methyl sites for hydroxylation is 2. The highest BCUT2D eigenvalue weighted by Gasteiger charge is 2.17. The highest BCUT2D eigenvalue weighted by atomic mass is 79.9. The van der Waals surface area contributed by atoms with Gasteiger partial charge in [-0.15, -0.1) is 0 Å². The molecule has 3 rings (SSSR count). The summed E-state index contributed by atoms with van der Waals surface area (Å²) in [7, 11) is 0. The third kappa shape index (κ3) is 3.25. The van der Waals surface area contributed by atoms with Gasteiger partial charge in [0.2, 0.25) is 5.88 Å². The van der Waals surface area contributed by atoms with Gasteiger partial charge in [-0.25, -0.2) is 9.36 Å². The van der Waals surface area contributed by atoms with Crippen molar-refractivity contribution in [3.8, 4) is 11.6 Å². The van der Waals surface area contributed by atoms with E-state index in [2.05, 4.69) is 36.1 Å². The Morgan fingerprint density at radius 2 is 1.89 bits per heavy atom. The lowest BCUT2D eigenvalue weighted by Crippen LogP contribution is -2.31. The summed E-state index contributed by atoms with van der Waals surface area (Å²) < 4.78 is 1.94. The van der Waals surface area contributed by atoms with Gasteiger partial charge in [0.15, 0.2) is 0 Å². The van der Waals surface area contributed by atoms with Crippen LogP contribution in [0.15, 0.2) is 31.2 Å². The molecule has 0 radical (unpaired) electrons. The Morgan fingerprint density at radius 1 is 1.19 bits per heavy atom. The third-order valence-corrected chi connectivity index (χ3v) is 5.33. The number of hydrogen-bond donors (Lipinski definition) is 3. The normalized spacial score (nSPS) is 11.4. The van der Waals surface area contributed by atoms with Gasteiger partial charge in [-0.2, -0.15) is 5.10 Å².